The van der Waals surface area contributed by atoms with Gasteiger partial charge < -0.3 is 11.1 Å². The molecule has 3 unspecified atom stereocenters. The highest BCUT2D eigenvalue weighted by Crippen LogP contribution is 2.29. The maximum absolute atomic E-state index is 12.0. The van der Waals surface area contributed by atoms with Crippen LogP contribution < -0.4 is 11.1 Å². The van der Waals surface area contributed by atoms with Crippen LogP contribution >= 0.6 is 0 Å². The van der Waals surface area contributed by atoms with E-state index in [-0.39, 0.29) is 17.8 Å². The van der Waals surface area contributed by atoms with Gasteiger partial charge in [0.2, 0.25) is 0 Å². The minimum absolute atomic E-state index is 0.180. The maximum atomic E-state index is 12.0. The highest BCUT2D eigenvalue weighted by Gasteiger charge is 2.28. The number of aromatic nitrogens is 2. The van der Waals surface area contributed by atoms with Gasteiger partial charge in [0.05, 0.1) is 12.4 Å². The van der Waals surface area contributed by atoms with Crippen molar-refractivity contribution in [1.82, 2.24) is 15.3 Å². The molecule has 3 atom stereocenters. The van der Waals surface area contributed by atoms with E-state index in [1.807, 2.05) is 0 Å². The molecule has 5 heteroatoms. The van der Waals surface area contributed by atoms with E-state index in [9.17, 15) is 4.79 Å². The van der Waals surface area contributed by atoms with Crippen molar-refractivity contribution >= 4 is 11.7 Å². The number of anilines is 1. The van der Waals surface area contributed by atoms with E-state index >= 15 is 0 Å². The van der Waals surface area contributed by atoms with E-state index in [1.165, 1.54) is 25.2 Å². The Morgan fingerprint density at radius 2 is 2.17 bits per heavy atom. The van der Waals surface area contributed by atoms with Crippen LogP contribution in [0.3, 0.4) is 0 Å². The number of carbonyl (C=O) groups is 1. The van der Waals surface area contributed by atoms with Crippen LogP contribution in [0.1, 0.15) is 43.6 Å². The number of nitrogens with two attached hydrogens (primary N) is 1. The van der Waals surface area contributed by atoms with E-state index < -0.39 is 0 Å². The molecule has 0 radical (unpaired) electrons. The molecule has 0 bridgehead atoms. The lowest BCUT2D eigenvalue weighted by Crippen LogP contribution is -2.44. The molecule has 1 amide bonds. The van der Waals surface area contributed by atoms with Crippen LogP contribution in [-0.4, -0.2) is 21.9 Å². The molecule has 1 heterocycles. The molecule has 1 saturated carbocycles. The molecule has 5 nitrogen and oxygen atoms in total. The van der Waals surface area contributed by atoms with Crippen LogP contribution in [0.2, 0.25) is 0 Å². The molecule has 1 aliphatic rings. The molecule has 3 N–H and O–H groups in total. The number of hydrogen-bond donors (Lipinski definition) is 2. The van der Waals surface area contributed by atoms with Crippen molar-refractivity contribution in [2.45, 2.75) is 39.2 Å². The average molecular weight is 248 g/mol. The first kappa shape index (κ1) is 12.8. The molecule has 0 aliphatic heterocycles. The van der Waals surface area contributed by atoms with Gasteiger partial charge in [-0.2, -0.15) is 0 Å². The fraction of sp³-hybridized carbons (Fsp3) is 0.615. The quantitative estimate of drug-likeness (QED) is 0.833. The Morgan fingerprint density at radius 3 is 2.89 bits per heavy atom. The topological polar surface area (TPSA) is 80.9 Å². The third-order valence-corrected chi connectivity index (χ3v) is 3.91. The number of amides is 1. The summed E-state index contributed by atoms with van der Waals surface area (Å²) < 4.78 is 0. The third kappa shape index (κ3) is 2.78. The van der Waals surface area contributed by atoms with Crippen LogP contribution in [0.4, 0.5) is 5.82 Å². The molecule has 1 aliphatic carbocycles. The van der Waals surface area contributed by atoms with Crippen LogP contribution in [0.15, 0.2) is 12.4 Å². The summed E-state index contributed by atoms with van der Waals surface area (Å²) in [6.07, 6.45) is 6.32. The van der Waals surface area contributed by atoms with Gasteiger partial charge in [-0.1, -0.05) is 26.7 Å². The summed E-state index contributed by atoms with van der Waals surface area (Å²) in [5.74, 6) is 1.24. The molecule has 98 valence electrons. The van der Waals surface area contributed by atoms with Crippen molar-refractivity contribution in [2.75, 3.05) is 5.73 Å². The van der Waals surface area contributed by atoms with Gasteiger partial charge in [-0.05, 0) is 18.3 Å². The SMILES string of the molecule is CC1CCCC(NC(=O)c2cncc(N)n2)C1C. The van der Waals surface area contributed by atoms with E-state index in [0.29, 0.717) is 17.5 Å². The van der Waals surface area contributed by atoms with Crippen LogP contribution in [0.25, 0.3) is 0 Å². The second-order valence-corrected chi connectivity index (χ2v) is 5.18. The molecule has 1 fully saturated rings. The smallest absolute Gasteiger partial charge is 0.271 e. The van der Waals surface area contributed by atoms with Crippen LogP contribution in [0.5, 0.6) is 0 Å². The lowest BCUT2D eigenvalue weighted by Gasteiger charge is -2.34. The van der Waals surface area contributed by atoms with E-state index in [2.05, 4.69) is 29.1 Å². The summed E-state index contributed by atoms with van der Waals surface area (Å²) >= 11 is 0. The molecule has 0 aromatic carbocycles. The summed E-state index contributed by atoms with van der Waals surface area (Å²) in [7, 11) is 0. The van der Waals surface area contributed by atoms with Crippen molar-refractivity contribution < 1.29 is 4.79 Å². The molecule has 1 aromatic rings. The summed E-state index contributed by atoms with van der Waals surface area (Å²) in [5.41, 5.74) is 5.82. The fourth-order valence-electron chi connectivity index (χ4n) is 2.52. The molecule has 1 aromatic heterocycles. The van der Waals surface area contributed by atoms with Crippen molar-refractivity contribution in [1.29, 1.82) is 0 Å². The Bertz CT molecular complexity index is 435. The first-order valence-corrected chi connectivity index (χ1v) is 6.46. The molecule has 18 heavy (non-hydrogen) atoms. The van der Waals surface area contributed by atoms with Gasteiger partial charge in [0.1, 0.15) is 11.5 Å². The molecular weight excluding hydrogens is 228 g/mol. The van der Waals surface area contributed by atoms with Crippen molar-refractivity contribution in [3.05, 3.63) is 18.1 Å². The summed E-state index contributed by atoms with van der Waals surface area (Å²) in [4.78, 5) is 19.9. The Balaban J connectivity index is 2.03. The monoisotopic (exact) mass is 248 g/mol. The number of hydrogen-bond acceptors (Lipinski definition) is 4. The third-order valence-electron chi connectivity index (χ3n) is 3.91. The fourth-order valence-corrected chi connectivity index (χ4v) is 2.52. The van der Waals surface area contributed by atoms with Gasteiger partial charge in [-0.3, -0.25) is 9.78 Å². The summed E-state index contributed by atoms with van der Waals surface area (Å²) in [5, 5.41) is 3.05. The minimum Gasteiger partial charge on any atom is -0.382 e. The highest BCUT2D eigenvalue weighted by atomic mass is 16.1. The van der Waals surface area contributed by atoms with Crippen molar-refractivity contribution in [2.24, 2.45) is 11.8 Å². The van der Waals surface area contributed by atoms with Gasteiger partial charge in [-0.15, -0.1) is 0 Å². The van der Waals surface area contributed by atoms with Gasteiger partial charge in [0, 0.05) is 6.04 Å². The average Bonchev–Trinajstić information content (AvgIpc) is 2.35. The Morgan fingerprint density at radius 1 is 1.39 bits per heavy atom. The first-order valence-electron chi connectivity index (χ1n) is 6.46. The van der Waals surface area contributed by atoms with Crippen molar-refractivity contribution in [3.8, 4) is 0 Å². The largest absolute Gasteiger partial charge is 0.382 e. The maximum Gasteiger partial charge on any atom is 0.271 e. The normalized spacial score (nSPS) is 27.8. The summed E-state index contributed by atoms with van der Waals surface area (Å²) in [6.45, 7) is 4.43. The van der Waals surface area contributed by atoms with Crippen LogP contribution in [-0.2, 0) is 0 Å². The standard InChI is InChI=1S/C13H20N4O/c1-8-4-3-5-10(9(8)2)17-13(18)11-6-15-7-12(14)16-11/h6-10H,3-5H2,1-2H3,(H2,14,16)(H,17,18). The molecule has 0 saturated heterocycles. The number of rotatable bonds is 2. The zero-order valence-electron chi connectivity index (χ0n) is 10.9. The Hall–Kier alpha value is -1.65. The van der Waals surface area contributed by atoms with Crippen molar-refractivity contribution in [3.63, 3.8) is 0 Å². The van der Waals surface area contributed by atoms with E-state index in [1.54, 1.807) is 0 Å². The Kier molecular flexibility index (Phi) is 3.79. The number of nitrogens with zero attached hydrogens (tertiary/aromatic N) is 2. The van der Waals surface area contributed by atoms with Gasteiger partial charge in [-0.25, -0.2) is 4.98 Å². The van der Waals surface area contributed by atoms with Crippen LogP contribution in [0, 0.1) is 11.8 Å². The lowest BCUT2D eigenvalue weighted by atomic mass is 9.78. The first-order chi connectivity index (χ1) is 8.58. The summed E-state index contributed by atoms with van der Waals surface area (Å²) in [6, 6.07) is 0.226. The zero-order chi connectivity index (χ0) is 13.1. The second kappa shape index (κ2) is 5.33. The zero-order valence-corrected chi connectivity index (χ0v) is 10.9. The van der Waals surface area contributed by atoms with Gasteiger partial charge in [0.25, 0.3) is 5.91 Å². The van der Waals surface area contributed by atoms with E-state index in [4.69, 9.17) is 5.73 Å². The molecular formula is C13H20N4O. The number of nitrogen functional groups attached to an aromatic ring is 1. The second-order valence-electron chi connectivity index (χ2n) is 5.18. The predicted molar refractivity (Wildman–Crippen MR) is 69.9 cm³/mol. The molecule has 2 rings (SSSR count). The minimum atomic E-state index is -0.180. The van der Waals surface area contributed by atoms with E-state index in [0.717, 1.165) is 6.42 Å². The lowest BCUT2D eigenvalue weighted by molar-refractivity contribution is 0.0885. The van der Waals surface area contributed by atoms with Gasteiger partial charge in [0.15, 0.2) is 0 Å². The molecule has 0 spiro atoms. The Labute approximate surface area is 107 Å². The van der Waals surface area contributed by atoms with Gasteiger partial charge >= 0.3 is 0 Å². The highest BCUT2D eigenvalue weighted by molar-refractivity contribution is 5.92. The predicted octanol–water partition coefficient (Wildman–Crippen LogP) is 1.61. The number of nitrogens with one attached hydrogen (secondary N) is 1. The number of carbonyl (C=O) groups excluding carboxylic acids is 1.